The Morgan fingerprint density at radius 2 is 2.15 bits per heavy atom. The molecule has 0 radical (unpaired) electrons. The second-order valence-corrected chi connectivity index (χ2v) is 3.99. The highest BCUT2D eigenvalue weighted by Gasteiger charge is 2.27. The Balaban J connectivity index is 1.91. The van der Waals surface area contributed by atoms with Gasteiger partial charge in [-0.15, -0.1) is 0 Å². The minimum absolute atomic E-state index is 0.408. The maximum Gasteiger partial charge on any atom is 0.213 e. The number of hydrogen-bond acceptors (Lipinski definition) is 2. The Morgan fingerprint density at radius 3 is 2.69 bits per heavy atom. The predicted octanol–water partition coefficient (Wildman–Crippen LogP) is 2.57. The van der Waals surface area contributed by atoms with Crippen LogP contribution in [0.15, 0.2) is 18.3 Å². The molecule has 0 aromatic carbocycles. The zero-order valence-electron chi connectivity index (χ0n) is 8.16. The van der Waals surface area contributed by atoms with E-state index >= 15 is 0 Å². The maximum atomic E-state index is 5.66. The SMILES string of the molecule is Cc1ccc(OC2CC(C)C2)nc1. The summed E-state index contributed by atoms with van der Waals surface area (Å²) in [6.07, 6.45) is 4.60. The van der Waals surface area contributed by atoms with Crippen LogP contribution in [-0.4, -0.2) is 11.1 Å². The van der Waals surface area contributed by atoms with Gasteiger partial charge in [-0.1, -0.05) is 13.0 Å². The smallest absolute Gasteiger partial charge is 0.213 e. The molecule has 1 heterocycles. The summed E-state index contributed by atoms with van der Waals surface area (Å²) in [6, 6.07) is 3.97. The van der Waals surface area contributed by atoms with Gasteiger partial charge in [-0.25, -0.2) is 4.98 Å². The van der Waals surface area contributed by atoms with E-state index in [4.69, 9.17) is 4.74 Å². The summed E-state index contributed by atoms with van der Waals surface area (Å²) >= 11 is 0. The van der Waals surface area contributed by atoms with E-state index in [0.717, 1.165) is 11.8 Å². The number of nitrogens with zero attached hydrogens (tertiary/aromatic N) is 1. The van der Waals surface area contributed by atoms with Crippen LogP contribution in [0.1, 0.15) is 25.3 Å². The molecule has 2 heteroatoms. The van der Waals surface area contributed by atoms with Crippen LogP contribution < -0.4 is 4.74 Å². The summed E-state index contributed by atoms with van der Waals surface area (Å²) in [5.74, 6) is 1.60. The molecule has 13 heavy (non-hydrogen) atoms. The number of hydrogen-bond donors (Lipinski definition) is 0. The van der Waals surface area contributed by atoms with Gasteiger partial charge in [0.2, 0.25) is 5.88 Å². The number of aryl methyl sites for hydroxylation is 1. The summed E-state index contributed by atoms with van der Waals surface area (Å²) in [6.45, 7) is 4.28. The number of rotatable bonds is 2. The van der Waals surface area contributed by atoms with Gasteiger partial charge in [-0.2, -0.15) is 0 Å². The summed E-state index contributed by atoms with van der Waals surface area (Å²) in [5.41, 5.74) is 1.18. The third-order valence-electron chi connectivity index (χ3n) is 2.50. The molecule has 2 nitrogen and oxygen atoms in total. The molecule has 0 N–H and O–H groups in total. The van der Waals surface area contributed by atoms with Gasteiger partial charge < -0.3 is 4.74 Å². The Morgan fingerprint density at radius 1 is 1.38 bits per heavy atom. The lowest BCUT2D eigenvalue weighted by Gasteiger charge is -2.32. The topological polar surface area (TPSA) is 22.1 Å². The molecule has 1 aromatic rings. The number of ether oxygens (including phenoxy) is 1. The highest BCUT2D eigenvalue weighted by atomic mass is 16.5. The van der Waals surface area contributed by atoms with Crippen molar-refractivity contribution in [3.8, 4) is 5.88 Å². The van der Waals surface area contributed by atoms with Crippen molar-refractivity contribution in [2.45, 2.75) is 32.8 Å². The molecule has 1 aliphatic carbocycles. The van der Waals surface area contributed by atoms with E-state index in [2.05, 4.69) is 11.9 Å². The minimum Gasteiger partial charge on any atom is -0.474 e. The first-order valence-electron chi connectivity index (χ1n) is 4.83. The van der Waals surface area contributed by atoms with Gasteiger partial charge in [-0.3, -0.25) is 0 Å². The van der Waals surface area contributed by atoms with Gasteiger partial charge in [-0.05, 0) is 31.2 Å². The van der Waals surface area contributed by atoms with Gasteiger partial charge in [0.25, 0.3) is 0 Å². The third-order valence-corrected chi connectivity index (χ3v) is 2.50. The van der Waals surface area contributed by atoms with Crippen molar-refractivity contribution in [2.24, 2.45) is 5.92 Å². The Hall–Kier alpha value is -1.05. The normalized spacial score (nSPS) is 26.6. The van der Waals surface area contributed by atoms with Crippen LogP contribution in [0.5, 0.6) is 5.88 Å². The highest BCUT2D eigenvalue weighted by molar-refractivity contribution is 5.16. The first kappa shape index (κ1) is 8.54. The van der Waals surface area contributed by atoms with Crippen molar-refractivity contribution in [3.63, 3.8) is 0 Å². The molecule has 0 saturated heterocycles. The van der Waals surface area contributed by atoms with Gasteiger partial charge in [0.05, 0.1) is 0 Å². The lowest BCUT2D eigenvalue weighted by Crippen LogP contribution is -2.32. The van der Waals surface area contributed by atoms with E-state index in [-0.39, 0.29) is 0 Å². The first-order chi connectivity index (χ1) is 6.24. The molecule has 70 valence electrons. The van der Waals surface area contributed by atoms with Crippen molar-refractivity contribution in [2.75, 3.05) is 0 Å². The van der Waals surface area contributed by atoms with E-state index in [1.807, 2.05) is 25.3 Å². The molecule has 0 aliphatic heterocycles. The molecule has 1 saturated carbocycles. The van der Waals surface area contributed by atoms with Crippen LogP contribution in [0.3, 0.4) is 0 Å². The Labute approximate surface area is 78.9 Å². The van der Waals surface area contributed by atoms with Gasteiger partial charge >= 0.3 is 0 Å². The lowest BCUT2D eigenvalue weighted by molar-refractivity contribution is 0.0695. The maximum absolute atomic E-state index is 5.66. The monoisotopic (exact) mass is 177 g/mol. The van der Waals surface area contributed by atoms with Gasteiger partial charge in [0.1, 0.15) is 6.10 Å². The summed E-state index contributed by atoms with van der Waals surface area (Å²) < 4.78 is 5.66. The summed E-state index contributed by atoms with van der Waals surface area (Å²) in [4.78, 5) is 4.20. The molecule has 1 aliphatic rings. The lowest BCUT2D eigenvalue weighted by atomic mass is 9.84. The van der Waals surface area contributed by atoms with Crippen molar-refractivity contribution >= 4 is 0 Å². The van der Waals surface area contributed by atoms with Crippen molar-refractivity contribution < 1.29 is 4.74 Å². The van der Waals surface area contributed by atoms with E-state index < -0.39 is 0 Å². The van der Waals surface area contributed by atoms with Crippen LogP contribution in [0.4, 0.5) is 0 Å². The third kappa shape index (κ3) is 2.00. The van der Waals surface area contributed by atoms with E-state index in [1.54, 1.807) is 0 Å². The standard InChI is InChI=1S/C11H15NO/c1-8-3-4-11(12-7-8)13-10-5-9(2)6-10/h3-4,7,9-10H,5-6H2,1-2H3. The summed E-state index contributed by atoms with van der Waals surface area (Å²) in [7, 11) is 0. The van der Waals surface area contributed by atoms with Crippen LogP contribution in [0, 0.1) is 12.8 Å². The Kier molecular flexibility index (Phi) is 2.21. The van der Waals surface area contributed by atoms with E-state index in [1.165, 1.54) is 18.4 Å². The molecule has 1 fully saturated rings. The molecule has 2 rings (SSSR count). The average Bonchev–Trinajstić information content (AvgIpc) is 2.06. The second kappa shape index (κ2) is 3.36. The minimum atomic E-state index is 0.408. The number of pyridine rings is 1. The quantitative estimate of drug-likeness (QED) is 0.692. The van der Waals surface area contributed by atoms with Crippen molar-refractivity contribution in [3.05, 3.63) is 23.9 Å². The van der Waals surface area contributed by atoms with Gasteiger partial charge in [0.15, 0.2) is 0 Å². The molecule has 0 spiro atoms. The molecule has 0 amide bonds. The first-order valence-corrected chi connectivity index (χ1v) is 4.83. The van der Waals surface area contributed by atoms with E-state index in [9.17, 15) is 0 Å². The highest BCUT2D eigenvalue weighted by Crippen LogP contribution is 2.29. The molecular formula is C11H15NO. The largest absolute Gasteiger partial charge is 0.474 e. The zero-order chi connectivity index (χ0) is 9.26. The van der Waals surface area contributed by atoms with Crippen LogP contribution in [-0.2, 0) is 0 Å². The fourth-order valence-electron chi connectivity index (χ4n) is 1.62. The van der Waals surface area contributed by atoms with Crippen LogP contribution in [0.2, 0.25) is 0 Å². The van der Waals surface area contributed by atoms with Gasteiger partial charge in [0, 0.05) is 12.3 Å². The molecule has 1 aromatic heterocycles. The zero-order valence-corrected chi connectivity index (χ0v) is 8.16. The molecule has 0 bridgehead atoms. The van der Waals surface area contributed by atoms with E-state index in [0.29, 0.717) is 6.10 Å². The number of aromatic nitrogens is 1. The predicted molar refractivity (Wildman–Crippen MR) is 51.8 cm³/mol. The fourth-order valence-corrected chi connectivity index (χ4v) is 1.62. The molecule has 0 atom stereocenters. The second-order valence-electron chi connectivity index (χ2n) is 3.99. The summed E-state index contributed by atoms with van der Waals surface area (Å²) in [5, 5.41) is 0. The van der Waals surface area contributed by atoms with Crippen molar-refractivity contribution in [1.29, 1.82) is 0 Å². The van der Waals surface area contributed by atoms with Crippen LogP contribution in [0.25, 0.3) is 0 Å². The Bertz CT molecular complexity index is 275. The van der Waals surface area contributed by atoms with Crippen LogP contribution >= 0.6 is 0 Å². The van der Waals surface area contributed by atoms with Crippen molar-refractivity contribution in [1.82, 2.24) is 4.98 Å². The molecular weight excluding hydrogens is 162 g/mol. The average molecular weight is 177 g/mol. The fraction of sp³-hybridized carbons (Fsp3) is 0.545. The molecule has 0 unspecified atom stereocenters.